The number of primary amides is 1. The van der Waals surface area contributed by atoms with Crippen LogP contribution in [0.3, 0.4) is 0 Å². The lowest BCUT2D eigenvalue weighted by Gasteiger charge is -2.11. The molecule has 0 aliphatic heterocycles. The van der Waals surface area contributed by atoms with E-state index in [2.05, 4.69) is 12.1 Å². The first-order valence-electron chi connectivity index (χ1n) is 8.45. The molecule has 0 atom stereocenters. The first kappa shape index (κ1) is 18.0. The number of nitriles is 2. The third kappa shape index (κ3) is 3.31. The molecule has 0 unspecified atom stereocenters. The summed E-state index contributed by atoms with van der Waals surface area (Å²) in [7, 11) is 0. The van der Waals surface area contributed by atoms with Crippen LogP contribution in [0.1, 0.15) is 38.4 Å². The molecular formula is C22H18N4O. The zero-order chi connectivity index (χ0) is 19.6. The van der Waals surface area contributed by atoms with Crippen molar-refractivity contribution in [2.24, 2.45) is 5.73 Å². The van der Waals surface area contributed by atoms with Crippen molar-refractivity contribution in [3.63, 3.8) is 0 Å². The van der Waals surface area contributed by atoms with E-state index in [-0.39, 0.29) is 0 Å². The van der Waals surface area contributed by atoms with Gasteiger partial charge in [-0.2, -0.15) is 10.5 Å². The summed E-state index contributed by atoms with van der Waals surface area (Å²) in [6.45, 7) is 4.32. The third-order valence-corrected chi connectivity index (χ3v) is 4.73. The minimum atomic E-state index is -0.482. The van der Waals surface area contributed by atoms with E-state index in [1.54, 1.807) is 24.3 Å². The van der Waals surface area contributed by atoms with E-state index in [1.807, 2.05) is 42.7 Å². The van der Waals surface area contributed by atoms with E-state index in [0.29, 0.717) is 23.4 Å². The van der Waals surface area contributed by atoms with Gasteiger partial charge in [0.05, 0.1) is 23.3 Å². The van der Waals surface area contributed by atoms with Crippen LogP contribution in [0.15, 0.2) is 48.5 Å². The summed E-state index contributed by atoms with van der Waals surface area (Å²) in [6, 6.07) is 18.7. The molecule has 5 nitrogen and oxygen atoms in total. The van der Waals surface area contributed by atoms with Crippen LogP contribution >= 0.6 is 0 Å². The van der Waals surface area contributed by atoms with Gasteiger partial charge in [-0.15, -0.1) is 0 Å². The summed E-state index contributed by atoms with van der Waals surface area (Å²) < 4.78 is 1.91. The van der Waals surface area contributed by atoms with Crippen molar-refractivity contribution in [3.8, 4) is 23.3 Å². The summed E-state index contributed by atoms with van der Waals surface area (Å²) in [4.78, 5) is 12.1. The largest absolute Gasteiger partial charge is 0.364 e. The molecule has 27 heavy (non-hydrogen) atoms. The SMILES string of the molecule is Cc1c(-c2ccc(C#N)cc2)c(C)n(Cc2ccc(C#N)cc2)c1C(N)=O. The minimum absolute atomic E-state index is 0.469. The molecular weight excluding hydrogens is 336 g/mol. The van der Waals surface area contributed by atoms with Gasteiger partial charge in [0.25, 0.3) is 5.91 Å². The van der Waals surface area contributed by atoms with E-state index < -0.39 is 5.91 Å². The van der Waals surface area contributed by atoms with E-state index in [1.165, 1.54) is 0 Å². The fourth-order valence-corrected chi connectivity index (χ4v) is 3.41. The molecule has 0 radical (unpaired) electrons. The van der Waals surface area contributed by atoms with Gasteiger partial charge >= 0.3 is 0 Å². The van der Waals surface area contributed by atoms with Crippen LogP contribution in [0.5, 0.6) is 0 Å². The second kappa shape index (κ2) is 7.19. The summed E-state index contributed by atoms with van der Waals surface area (Å²) in [5.41, 5.74) is 11.9. The zero-order valence-corrected chi connectivity index (χ0v) is 15.2. The Bertz CT molecular complexity index is 1090. The van der Waals surface area contributed by atoms with Crippen LogP contribution in [-0.2, 0) is 6.54 Å². The van der Waals surface area contributed by atoms with Crippen molar-refractivity contribution < 1.29 is 4.79 Å². The molecule has 0 saturated heterocycles. The zero-order valence-electron chi connectivity index (χ0n) is 15.2. The highest BCUT2D eigenvalue weighted by molar-refractivity contribution is 5.96. The normalized spacial score (nSPS) is 10.2. The molecule has 0 aliphatic rings. The number of nitrogens with two attached hydrogens (primary N) is 1. The van der Waals surface area contributed by atoms with Crippen LogP contribution in [0.4, 0.5) is 0 Å². The molecule has 3 aromatic rings. The maximum Gasteiger partial charge on any atom is 0.265 e. The summed E-state index contributed by atoms with van der Waals surface area (Å²) in [6.07, 6.45) is 0. The number of hydrogen-bond acceptors (Lipinski definition) is 3. The molecule has 3 rings (SSSR count). The summed E-state index contributed by atoms with van der Waals surface area (Å²) in [5, 5.41) is 17.9. The van der Waals surface area contributed by atoms with Gasteiger partial charge in [-0.25, -0.2) is 0 Å². The second-order valence-electron chi connectivity index (χ2n) is 6.38. The number of benzene rings is 2. The van der Waals surface area contributed by atoms with Gasteiger partial charge in [0.15, 0.2) is 0 Å². The number of hydrogen-bond donors (Lipinski definition) is 1. The number of rotatable bonds is 4. The minimum Gasteiger partial charge on any atom is -0.364 e. The first-order valence-corrected chi connectivity index (χ1v) is 8.45. The predicted molar refractivity (Wildman–Crippen MR) is 103 cm³/mol. The first-order chi connectivity index (χ1) is 13.0. The Morgan fingerprint density at radius 3 is 1.96 bits per heavy atom. The van der Waals surface area contributed by atoms with Gasteiger partial charge in [0.1, 0.15) is 5.69 Å². The highest BCUT2D eigenvalue weighted by Crippen LogP contribution is 2.32. The molecule has 0 bridgehead atoms. The van der Waals surface area contributed by atoms with Gasteiger partial charge in [-0.05, 0) is 54.8 Å². The Labute approximate surface area is 157 Å². The van der Waals surface area contributed by atoms with Gasteiger partial charge < -0.3 is 10.3 Å². The van der Waals surface area contributed by atoms with Gasteiger partial charge in [0, 0.05) is 17.8 Å². The maximum atomic E-state index is 12.1. The van der Waals surface area contributed by atoms with Crippen molar-refractivity contribution in [1.82, 2.24) is 4.57 Å². The highest BCUT2D eigenvalue weighted by atomic mass is 16.1. The smallest absolute Gasteiger partial charge is 0.265 e. The van der Waals surface area contributed by atoms with Crippen molar-refractivity contribution in [1.29, 1.82) is 10.5 Å². The van der Waals surface area contributed by atoms with Gasteiger partial charge in [-0.3, -0.25) is 4.79 Å². The van der Waals surface area contributed by atoms with E-state index >= 15 is 0 Å². The fraction of sp³-hybridized carbons (Fsp3) is 0.136. The van der Waals surface area contributed by atoms with E-state index in [9.17, 15) is 4.79 Å². The molecule has 0 fully saturated rings. The molecule has 2 N–H and O–H groups in total. The summed E-state index contributed by atoms with van der Waals surface area (Å²) in [5.74, 6) is -0.482. The molecule has 0 saturated carbocycles. The Kier molecular flexibility index (Phi) is 4.79. The Morgan fingerprint density at radius 1 is 0.963 bits per heavy atom. The second-order valence-corrected chi connectivity index (χ2v) is 6.38. The number of aromatic nitrogens is 1. The Hall–Kier alpha value is -3.83. The monoisotopic (exact) mass is 354 g/mol. The lowest BCUT2D eigenvalue weighted by molar-refractivity contribution is 0.0991. The fourth-order valence-electron chi connectivity index (χ4n) is 3.41. The van der Waals surface area contributed by atoms with Gasteiger partial charge in [0.2, 0.25) is 0 Å². The lowest BCUT2D eigenvalue weighted by Crippen LogP contribution is -2.19. The van der Waals surface area contributed by atoms with Crippen molar-refractivity contribution in [2.45, 2.75) is 20.4 Å². The number of carbonyl (C=O) groups is 1. The molecule has 1 amide bonds. The number of amides is 1. The average Bonchev–Trinajstić information content (AvgIpc) is 2.92. The van der Waals surface area contributed by atoms with Crippen molar-refractivity contribution >= 4 is 5.91 Å². The topological polar surface area (TPSA) is 95.6 Å². The highest BCUT2D eigenvalue weighted by Gasteiger charge is 2.22. The van der Waals surface area contributed by atoms with E-state index in [4.69, 9.17) is 16.3 Å². The van der Waals surface area contributed by atoms with Crippen LogP contribution in [0.25, 0.3) is 11.1 Å². The van der Waals surface area contributed by atoms with Crippen LogP contribution in [0.2, 0.25) is 0 Å². The number of carbonyl (C=O) groups excluding carboxylic acids is 1. The quantitative estimate of drug-likeness (QED) is 0.774. The van der Waals surface area contributed by atoms with Gasteiger partial charge in [-0.1, -0.05) is 24.3 Å². The van der Waals surface area contributed by atoms with Crippen molar-refractivity contribution in [2.75, 3.05) is 0 Å². The molecule has 2 aromatic carbocycles. The maximum absolute atomic E-state index is 12.1. The van der Waals surface area contributed by atoms with Crippen molar-refractivity contribution in [3.05, 3.63) is 82.2 Å². The van der Waals surface area contributed by atoms with Crippen LogP contribution < -0.4 is 5.73 Å². The molecule has 0 aliphatic carbocycles. The van der Waals surface area contributed by atoms with Crippen LogP contribution in [-0.4, -0.2) is 10.5 Å². The Balaban J connectivity index is 2.11. The molecule has 0 spiro atoms. The summed E-state index contributed by atoms with van der Waals surface area (Å²) >= 11 is 0. The standard InChI is InChI=1S/C22H18N4O/c1-14-20(19-9-7-17(12-24)8-10-19)15(2)26(21(14)22(25)27)13-18-5-3-16(11-23)4-6-18/h3-10H,13H2,1-2H3,(H2,25,27). The average molecular weight is 354 g/mol. The Morgan fingerprint density at radius 2 is 1.48 bits per heavy atom. The molecule has 132 valence electrons. The predicted octanol–water partition coefficient (Wildman–Crippen LogP) is 3.66. The lowest BCUT2D eigenvalue weighted by atomic mass is 10.00. The van der Waals surface area contributed by atoms with E-state index in [0.717, 1.165) is 27.9 Å². The molecule has 5 heteroatoms. The molecule has 1 heterocycles. The van der Waals surface area contributed by atoms with Crippen LogP contribution in [0, 0.1) is 36.5 Å². The molecule has 1 aromatic heterocycles. The number of nitrogens with zero attached hydrogens (tertiary/aromatic N) is 3. The third-order valence-electron chi connectivity index (χ3n) is 4.73.